The van der Waals surface area contributed by atoms with Gasteiger partial charge in [-0.2, -0.15) is 4.98 Å². The quantitative estimate of drug-likeness (QED) is 0.738. The molecule has 1 aliphatic rings. The van der Waals surface area contributed by atoms with Crippen molar-refractivity contribution in [1.29, 1.82) is 0 Å². The summed E-state index contributed by atoms with van der Waals surface area (Å²) in [6.07, 6.45) is 2.18. The van der Waals surface area contributed by atoms with Crippen LogP contribution in [0.1, 0.15) is 16.7 Å². The average Bonchev–Trinajstić information content (AvgIpc) is 2.77. The molecule has 22 heavy (non-hydrogen) atoms. The fraction of sp³-hybridized carbons (Fsp3) is 0.286. The van der Waals surface area contributed by atoms with Gasteiger partial charge in [-0.05, 0) is 23.6 Å². The second-order valence-corrected chi connectivity index (χ2v) is 7.33. The predicted octanol–water partition coefficient (Wildman–Crippen LogP) is 0.261. The highest BCUT2D eigenvalue weighted by atomic mass is 32.2. The molecule has 0 saturated heterocycles. The smallest absolute Gasteiger partial charge is 0.221 e. The minimum atomic E-state index is -3.06. The first-order chi connectivity index (χ1) is 10.5. The van der Waals surface area contributed by atoms with E-state index in [4.69, 9.17) is 11.5 Å². The third-order valence-electron chi connectivity index (χ3n) is 3.66. The number of anilines is 2. The Bertz CT molecular complexity index is 820. The lowest BCUT2D eigenvalue weighted by atomic mass is 10.1. The van der Waals surface area contributed by atoms with Crippen molar-refractivity contribution in [3.63, 3.8) is 0 Å². The number of rotatable bonds is 4. The molecular formula is C14H17N5O2S. The van der Waals surface area contributed by atoms with Crippen LogP contribution in [0.4, 0.5) is 11.8 Å². The summed E-state index contributed by atoms with van der Waals surface area (Å²) in [6, 6.07) is 5.46. The van der Waals surface area contributed by atoms with Crippen LogP contribution < -0.4 is 16.8 Å². The Morgan fingerprint density at radius 2 is 2.05 bits per heavy atom. The Morgan fingerprint density at radius 1 is 1.23 bits per heavy atom. The van der Waals surface area contributed by atoms with Crippen molar-refractivity contribution in [2.75, 3.05) is 17.2 Å². The van der Waals surface area contributed by atoms with Gasteiger partial charge in [0.05, 0.1) is 10.6 Å². The first kappa shape index (κ1) is 14.7. The summed E-state index contributed by atoms with van der Waals surface area (Å²) in [5, 5.41) is 3.24. The number of benzene rings is 1. The lowest BCUT2D eigenvalue weighted by Crippen LogP contribution is -2.15. The van der Waals surface area contributed by atoms with Crippen molar-refractivity contribution in [2.24, 2.45) is 0 Å². The fourth-order valence-corrected chi connectivity index (χ4v) is 4.05. The SMILES string of the molecule is Nc1ncc(CNCc2ccc3c(c2)CCS3(=O)=O)c(N)n1. The number of fused-ring (bicyclic) bond motifs is 1. The molecule has 0 bridgehead atoms. The van der Waals surface area contributed by atoms with Crippen molar-refractivity contribution in [3.05, 3.63) is 41.1 Å². The summed E-state index contributed by atoms with van der Waals surface area (Å²) in [5.41, 5.74) is 13.9. The maximum Gasteiger partial charge on any atom is 0.221 e. The van der Waals surface area contributed by atoms with Gasteiger partial charge in [0, 0.05) is 24.8 Å². The van der Waals surface area contributed by atoms with Gasteiger partial charge in [-0.25, -0.2) is 13.4 Å². The number of nitrogens with one attached hydrogen (secondary N) is 1. The molecule has 0 amide bonds. The Balaban J connectivity index is 1.65. The van der Waals surface area contributed by atoms with Gasteiger partial charge < -0.3 is 16.8 Å². The normalized spacial score (nSPS) is 15.6. The van der Waals surface area contributed by atoms with E-state index in [-0.39, 0.29) is 11.7 Å². The minimum absolute atomic E-state index is 0.154. The molecule has 0 saturated carbocycles. The summed E-state index contributed by atoms with van der Waals surface area (Å²) in [6.45, 7) is 1.12. The standard InChI is InChI=1S/C14H17N5O2S/c15-13-11(8-18-14(16)19-13)7-17-6-9-1-2-12-10(5-9)3-4-22(12,20)21/h1-2,5,8,17H,3-4,6-7H2,(H4,15,16,18,19). The maximum atomic E-state index is 11.8. The highest BCUT2D eigenvalue weighted by molar-refractivity contribution is 7.91. The van der Waals surface area contributed by atoms with Crippen LogP contribution in [-0.2, 0) is 29.3 Å². The highest BCUT2D eigenvalue weighted by Gasteiger charge is 2.25. The second kappa shape index (κ2) is 5.54. The molecule has 3 rings (SSSR count). The first-order valence-corrected chi connectivity index (χ1v) is 8.53. The summed E-state index contributed by atoms with van der Waals surface area (Å²) in [5.74, 6) is 0.722. The van der Waals surface area contributed by atoms with E-state index in [1.54, 1.807) is 12.3 Å². The van der Waals surface area contributed by atoms with Crippen LogP contribution in [0.5, 0.6) is 0 Å². The van der Waals surface area contributed by atoms with E-state index < -0.39 is 9.84 Å². The fourth-order valence-electron chi connectivity index (χ4n) is 2.51. The van der Waals surface area contributed by atoms with E-state index in [0.29, 0.717) is 30.2 Å². The molecule has 0 spiro atoms. The zero-order valence-corrected chi connectivity index (χ0v) is 12.7. The minimum Gasteiger partial charge on any atom is -0.383 e. The molecule has 0 fully saturated rings. The van der Waals surface area contributed by atoms with Gasteiger partial charge in [-0.1, -0.05) is 12.1 Å². The summed E-state index contributed by atoms with van der Waals surface area (Å²) in [7, 11) is -3.06. The topological polar surface area (TPSA) is 124 Å². The van der Waals surface area contributed by atoms with Crippen molar-refractivity contribution in [3.8, 4) is 0 Å². The molecule has 1 aliphatic heterocycles. The second-order valence-electron chi connectivity index (χ2n) is 5.25. The van der Waals surface area contributed by atoms with Crippen LogP contribution in [0, 0.1) is 0 Å². The number of nitrogens with zero attached hydrogens (tertiary/aromatic N) is 2. The number of nitrogens with two attached hydrogens (primary N) is 2. The van der Waals surface area contributed by atoms with Crippen LogP contribution in [0.2, 0.25) is 0 Å². The Morgan fingerprint density at radius 3 is 2.82 bits per heavy atom. The molecule has 0 unspecified atom stereocenters. The van der Waals surface area contributed by atoms with Crippen LogP contribution in [0.3, 0.4) is 0 Å². The van der Waals surface area contributed by atoms with Crippen LogP contribution in [0.15, 0.2) is 29.3 Å². The monoisotopic (exact) mass is 319 g/mol. The van der Waals surface area contributed by atoms with Gasteiger partial charge in [0.25, 0.3) is 0 Å². The molecule has 2 heterocycles. The van der Waals surface area contributed by atoms with Gasteiger partial charge in [0.15, 0.2) is 9.84 Å². The van der Waals surface area contributed by atoms with Gasteiger partial charge in [0.1, 0.15) is 5.82 Å². The molecule has 7 nitrogen and oxygen atoms in total. The largest absolute Gasteiger partial charge is 0.383 e. The van der Waals surface area contributed by atoms with Crippen molar-refractivity contribution in [1.82, 2.24) is 15.3 Å². The van der Waals surface area contributed by atoms with E-state index in [1.165, 1.54) is 0 Å². The van der Waals surface area contributed by atoms with E-state index in [9.17, 15) is 8.42 Å². The molecule has 5 N–H and O–H groups in total. The van der Waals surface area contributed by atoms with Crippen LogP contribution >= 0.6 is 0 Å². The summed E-state index contributed by atoms with van der Waals surface area (Å²) < 4.78 is 23.5. The van der Waals surface area contributed by atoms with E-state index in [2.05, 4.69) is 15.3 Å². The number of hydrogen-bond donors (Lipinski definition) is 3. The predicted molar refractivity (Wildman–Crippen MR) is 83.6 cm³/mol. The number of sulfone groups is 1. The van der Waals surface area contributed by atoms with Crippen molar-refractivity contribution in [2.45, 2.75) is 24.4 Å². The first-order valence-electron chi connectivity index (χ1n) is 6.88. The van der Waals surface area contributed by atoms with E-state index in [1.807, 2.05) is 12.1 Å². The van der Waals surface area contributed by atoms with Crippen LogP contribution in [0.25, 0.3) is 0 Å². The van der Waals surface area contributed by atoms with Crippen molar-refractivity contribution >= 4 is 21.6 Å². The molecule has 2 aromatic rings. The average molecular weight is 319 g/mol. The Hall–Kier alpha value is -2.19. The molecule has 0 atom stereocenters. The number of hydrogen-bond acceptors (Lipinski definition) is 7. The maximum absolute atomic E-state index is 11.8. The molecule has 0 radical (unpaired) electrons. The molecule has 116 valence electrons. The van der Waals surface area contributed by atoms with E-state index in [0.717, 1.165) is 16.7 Å². The van der Waals surface area contributed by atoms with E-state index >= 15 is 0 Å². The summed E-state index contributed by atoms with van der Waals surface area (Å²) in [4.78, 5) is 8.27. The highest BCUT2D eigenvalue weighted by Crippen LogP contribution is 2.26. The van der Waals surface area contributed by atoms with Gasteiger partial charge >= 0.3 is 0 Å². The number of nitrogen functional groups attached to an aromatic ring is 2. The lowest BCUT2D eigenvalue weighted by molar-refractivity contribution is 0.600. The van der Waals surface area contributed by atoms with Gasteiger partial charge in [-0.3, -0.25) is 0 Å². The Labute approximate surface area is 128 Å². The molecule has 8 heteroatoms. The van der Waals surface area contributed by atoms with Crippen molar-refractivity contribution < 1.29 is 8.42 Å². The Kier molecular flexibility index (Phi) is 3.71. The zero-order chi connectivity index (χ0) is 15.7. The third kappa shape index (κ3) is 2.88. The molecular weight excluding hydrogens is 302 g/mol. The molecule has 1 aromatic carbocycles. The molecule has 1 aromatic heterocycles. The third-order valence-corrected chi connectivity index (χ3v) is 5.47. The lowest BCUT2D eigenvalue weighted by Gasteiger charge is -2.08. The number of aromatic nitrogens is 2. The number of aryl methyl sites for hydroxylation is 1. The van der Waals surface area contributed by atoms with Crippen LogP contribution in [-0.4, -0.2) is 24.1 Å². The van der Waals surface area contributed by atoms with Gasteiger partial charge in [-0.15, -0.1) is 0 Å². The summed E-state index contributed by atoms with van der Waals surface area (Å²) >= 11 is 0. The van der Waals surface area contributed by atoms with Gasteiger partial charge in [0.2, 0.25) is 5.95 Å². The molecule has 0 aliphatic carbocycles. The zero-order valence-electron chi connectivity index (χ0n) is 11.9.